The highest BCUT2D eigenvalue weighted by Crippen LogP contribution is 2.42. The summed E-state index contributed by atoms with van der Waals surface area (Å²) in [5.41, 5.74) is 5.69. The molecule has 144 valence electrons. The van der Waals surface area contributed by atoms with Crippen LogP contribution in [0.4, 0.5) is 5.69 Å². The first-order valence-electron chi connectivity index (χ1n) is 9.10. The molecule has 0 N–H and O–H groups in total. The van der Waals surface area contributed by atoms with Crippen molar-refractivity contribution in [2.24, 2.45) is 0 Å². The second kappa shape index (κ2) is 7.22. The van der Waals surface area contributed by atoms with E-state index in [9.17, 15) is 8.42 Å². The summed E-state index contributed by atoms with van der Waals surface area (Å²) in [6, 6.07) is 13.9. The Morgan fingerprint density at radius 1 is 1.07 bits per heavy atom. The van der Waals surface area contributed by atoms with Crippen molar-refractivity contribution in [1.82, 2.24) is 9.97 Å². The first-order chi connectivity index (χ1) is 13.4. The zero-order valence-corrected chi connectivity index (χ0v) is 17.6. The van der Waals surface area contributed by atoms with E-state index in [1.807, 2.05) is 31.2 Å². The molecule has 7 heteroatoms. The summed E-state index contributed by atoms with van der Waals surface area (Å²) in [6.07, 6.45) is 1.44. The number of sulfonamides is 1. The molecule has 3 aromatic rings. The van der Waals surface area contributed by atoms with Gasteiger partial charge in [0.15, 0.2) is 5.16 Å². The molecular weight excluding hydrogens is 390 g/mol. The molecule has 4 rings (SSSR count). The van der Waals surface area contributed by atoms with Crippen molar-refractivity contribution in [2.75, 3.05) is 10.8 Å². The van der Waals surface area contributed by atoms with Gasteiger partial charge in [-0.15, -0.1) is 0 Å². The van der Waals surface area contributed by atoms with E-state index < -0.39 is 10.0 Å². The molecule has 1 aliphatic rings. The van der Waals surface area contributed by atoms with Gasteiger partial charge in [-0.2, -0.15) is 0 Å². The normalized spacial score (nSPS) is 14.5. The van der Waals surface area contributed by atoms with Gasteiger partial charge in [0.1, 0.15) is 4.90 Å². The lowest BCUT2D eigenvalue weighted by Crippen LogP contribution is -2.34. The Labute approximate surface area is 169 Å². The lowest BCUT2D eigenvalue weighted by molar-refractivity contribution is 0.589. The quantitative estimate of drug-likeness (QED) is 0.464. The van der Waals surface area contributed by atoms with Crippen molar-refractivity contribution in [3.05, 3.63) is 65.4 Å². The average molecular weight is 412 g/mol. The van der Waals surface area contributed by atoms with Crippen molar-refractivity contribution in [3.63, 3.8) is 0 Å². The average Bonchev–Trinajstić information content (AvgIpc) is 2.69. The lowest BCUT2D eigenvalue weighted by atomic mass is 10.1. The summed E-state index contributed by atoms with van der Waals surface area (Å²) in [5, 5.41) is 0.576. The number of anilines is 1. The fraction of sp³-hybridized carbons (Fsp3) is 0.238. The molecule has 2 heterocycles. The zero-order chi connectivity index (χ0) is 19.9. The number of benzene rings is 2. The fourth-order valence-corrected chi connectivity index (χ4v) is 5.67. The van der Waals surface area contributed by atoms with E-state index in [2.05, 4.69) is 42.0 Å². The highest BCUT2D eigenvalue weighted by atomic mass is 32.2. The molecule has 0 fully saturated rings. The maximum Gasteiger partial charge on any atom is 0.268 e. The van der Waals surface area contributed by atoms with Crippen LogP contribution in [-0.2, 0) is 15.8 Å². The molecule has 5 nitrogen and oxygen atoms in total. The predicted molar refractivity (Wildman–Crippen MR) is 113 cm³/mol. The molecule has 1 aromatic heterocycles. The maximum atomic E-state index is 13.0. The zero-order valence-electron chi connectivity index (χ0n) is 16.0. The van der Waals surface area contributed by atoms with E-state index in [1.165, 1.54) is 39.0 Å². The van der Waals surface area contributed by atoms with Gasteiger partial charge in [-0.3, -0.25) is 4.31 Å². The van der Waals surface area contributed by atoms with Gasteiger partial charge in [0, 0.05) is 17.9 Å². The first-order valence-corrected chi connectivity index (χ1v) is 11.5. The molecule has 1 aliphatic heterocycles. The van der Waals surface area contributed by atoms with Crippen molar-refractivity contribution in [3.8, 4) is 11.3 Å². The van der Waals surface area contributed by atoms with Gasteiger partial charge >= 0.3 is 0 Å². The lowest BCUT2D eigenvalue weighted by Gasteiger charge is -2.30. The van der Waals surface area contributed by atoms with Gasteiger partial charge in [-0.1, -0.05) is 48.2 Å². The van der Waals surface area contributed by atoms with Gasteiger partial charge in [0.05, 0.1) is 17.6 Å². The molecule has 28 heavy (non-hydrogen) atoms. The number of hydrogen-bond donors (Lipinski definition) is 0. The second-order valence-electron chi connectivity index (χ2n) is 6.76. The van der Waals surface area contributed by atoms with E-state index in [0.717, 1.165) is 11.3 Å². The van der Waals surface area contributed by atoms with Gasteiger partial charge in [-0.05, 0) is 43.5 Å². The summed E-state index contributed by atoms with van der Waals surface area (Å²) < 4.78 is 27.4. The standard InChI is InChI=1S/C21H21N3O2S2/c1-4-24-18-8-6-5-7-17(18)20-19(28(24,25)26)12-22-21(23-20)27-13-16-10-9-14(2)15(3)11-16/h5-12H,4,13H2,1-3H3. The molecule has 0 bridgehead atoms. The van der Waals surface area contributed by atoms with Gasteiger partial charge in [0.2, 0.25) is 0 Å². The maximum absolute atomic E-state index is 13.0. The number of nitrogens with zero attached hydrogens (tertiary/aromatic N) is 3. The SMILES string of the molecule is CCN1c2ccccc2-c2nc(SCc3ccc(C)c(C)c3)ncc2S1(=O)=O. The van der Waals surface area contributed by atoms with Crippen molar-refractivity contribution in [2.45, 2.75) is 36.6 Å². The third-order valence-electron chi connectivity index (χ3n) is 4.96. The third-order valence-corrected chi connectivity index (χ3v) is 7.78. The number of aromatic nitrogens is 2. The molecule has 0 aliphatic carbocycles. The van der Waals surface area contributed by atoms with Gasteiger partial charge < -0.3 is 0 Å². The van der Waals surface area contributed by atoms with Crippen LogP contribution < -0.4 is 4.31 Å². The largest absolute Gasteiger partial charge is 0.268 e. The number of aryl methyl sites for hydroxylation is 2. The highest BCUT2D eigenvalue weighted by Gasteiger charge is 2.35. The van der Waals surface area contributed by atoms with E-state index >= 15 is 0 Å². The van der Waals surface area contributed by atoms with E-state index in [-0.39, 0.29) is 4.90 Å². The monoisotopic (exact) mass is 411 g/mol. The molecule has 0 amide bonds. The Kier molecular flexibility index (Phi) is 4.89. The van der Waals surface area contributed by atoms with Crippen LogP contribution in [0.5, 0.6) is 0 Å². The van der Waals surface area contributed by atoms with Crippen LogP contribution in [-0.4, -0.2) is 24.9 Å². The van der Waals surface area contributed by atoms with E-state index in [1.54, 1.807) is 0 Å². The number of hydrogen-bond acceptors (Lipinski definition) is 5. The molecule has 0 radical (unpaired) electrons. The van der Waals surface area contributed by atoms with Crippen LogP contribution in [0, 0.1) is 13.8 Å². The highest BCUT2D eigenvalue weighted by molar-refractivity contribution is 7.98. The third kappa shape index (κ3) is 3.18. The Morgan fingerprint density at radius 3 is 2.61 bits per heavy atom. The Hall–Kier alpha value is -2.38. The summed E-state index contributed by atoms with van der Waals surface area (Å²) >= 11 is 1.51. The van der Waals surface area contributed by atoms with Crippen LogP contribution in [0.3, 0.4) is 0 Å². The van der Waals surface area contributed by atoms with Crippen LogP contribution in [0.2, 0.25) is 0 Å². The summed E-state index contributed by atoms with van der Waals surface area (Å²) in [6.45, 7) is 6.38. The minimum absolute atomic E-state index is 0.170. The molecule has 2 aromatic carbocycles. The molecule has 0 unspecified atom stereocenters. The fourth-order valence-electron chi connectivity index (χ4n) is 3.33. The Balaban J connectivity index is 1.71. The Bertz CT molecular complexity index is 1160. The Morgan fingerprint density at radius 2 is 1.86 bits per heavy atom. The van der Waals surface area contributed by atoms with Crippen LogP contribution >= 0.6 is 11.8 Å². The first kappa shape index (κ1) is 19.0. The number of thioether (sulfide) groups is 1. The topological polar surface area (TPSA) is 63.2 Å². The summed E-state index contributed by atoms with van der Waals surface area (Å²) in [5.74, 6) is 0.732. The number of para-hydroxylation sites is 1. The number of rotatable bonds is 4. The minimum Gasteiger partial charge on any atom is -0.266 e. The molecule has 0 saturated carbocycles. The molecule has 0 atom stereocenters. The van der Waals surface area contributed by atoms with E-state index in [0.29, 0.717) is 23.1 Å². The van der Waals surface area contributed by atoms with Crippen molar-refractivity contribution >= 4 is 27.5 Å². The molecular formula is C21H21N3O2S2. The second-order valence-corrected chi connectivity index (χ2v) is 9.53. The van der Waals surface area contributed by atoms with Crippen molar-refractivity contribution in [1.29, 1.82) is 0 Å². The number of fused-ring (bicyclic) bond motifs is 3. The summed E-state index contributed by atoms with van der Waals surface area (Å²) in [7, 11) is -3.64. The predicted octanol–water partition coefficient (Wildman–Crippen LogP) is 4.58. The smallest absolute Gasteiger partial charge is 0.266 e. The van der Waals surface area contributed by atoms with E-state index in [4.69, 9.17) is 0 Å². The van der Waals surface area contributed by atoms with Crippen LogP contribution in [0.15, 0.2) is 58.7 Å². The molecule has 0 saturated heterocycles. The summed E-state index contributed by atoms with van der Waals surface area (Å²) in [4.78, 5) is 9.12. The van der Waals surface area contributed by atoms with Crippen LogP contribution in [0.25, 0.3) is 11.3 Å². The molecule has 0 spiro atoms. The van der Waals surface area contributed by atoms with Crippen LogP contribution in [0.1, 0.15) is 23.6 Å². The minimum atomic E-state index is -3.64. The van der Waals surface area contributed by atoms with Gasteiger partial charge in [0.25, 0.3) is 10.0 Å². The van der Waals surface area contributed by atoms with Crippen molar-refractivity contribution < 1.29 is 8.42 Å². The van der Waals surface area contributed by atoms with Gasteiger partial charge in [-0.25, -0.2) is 18.4 Å².